The van der Waals surface area contributed by atoms with Gasteiger partial charge in [-0.15, -0.1) is 0 Å². The van der Waals surface area contributed by atoms with Crippen LogP contribution in [-0.2, 0) is 12.0 Å². The van der Waals surface area contributed by atoms with Crippen molar-refractivity contribution in [2.45, 2.75) is 46.6 Å². The zero-order valence-corrected chi connectivity index (χ0v) is 20.7. The van der Waals surface area contributed by atoms with Gasteiger partial charge < -0.3 is 4.74 Å². The summed E-state index contributed by atoms with van der Waals surface area (Å²) in [5, 5.41) is 4.47. The van der Waals surface area contributed by atoms with Gasteiger partial charge >= 0.3 is 0 Å². The molecule has 0 spiro atoms. The van der Waals surface area contributed by atoms with Crippen LogP contribution in [0.2, 0.25) is 5.02 Å². The third kappa shape index (κ3) is 4.81. The van der Waals surface area contributed by atoms with Crippen LogP contribution < -0.4 is 10.3 Å². The van der Waals surface area contributed by atoms with E-state index in [0.717, 1.165) is 17.5 Å². The lowest BCUT2D eigenvalue weighted by Gasteiger charge is -2.17. The molecule has 0 aliphatic rings. The number of hydrogen-bond donors (Lipinski definition) is 0. The third-order valence-electron chi connectivity index (χ3n) is 5.51. The van der Waals surface area contributed by atoms with Gasteiger partial charge in [0.25, 0.3) is 5.56 Å². The molecule has 0 amide bonds. The van der Waals surface area contributed by atoms with Crippen LogP contribution in [0, 0.1) is 25.5 Å². The highest BCUT2D eigenvalue weighted by Crippen LogP contribution is 2.27. The fourth-order valence-electron chi connectivity index (χ4n) is 3.61. The van der Waals surface area contributed by atoms with Crippen molar-refractivity contribution in [3.05, 3.63) is 92.5 Å². The van der Waals surface area contributed by atoms with E-state index in [1.54, 1.807) is 29.9 Å². The van der Waals surface area contributed by atoms with Crippen molar-refractivity contribution < 1.29 is 13.5 Å². The van der Waals surface area contributed by atoms with Gasteiger partial charge in [0.05, 0.1) is 17.6 Å². The summed E-state index contributed by atoms with van der Waals surface area (Å²) in [6.45, 7) is 9.49. The molecular formula is C25H24ClF2N5O2. The number of aryl methyl sites for hydroxylation is 1. The lowest BCUT2D eigenvalue weighted by molar-refractivity contribution is 0.292. The van der Waals surface area contributed by atoms with E-state index in [1.165, 1.54) is 4.57 Å². The second kappa shape index (κ2) is 9.22. The molecule has 0 atom stereocenters. The molecule has 0 saturated carbocycles. The van der Waals surface area contributed by atoms with Gasteiger partial charge in [-0.3, -0.25) is 14.3 Å². The molecule has 0 aliphatic carbocycles. The Balaban J connectivity index is 1.71. The Bertz CT molecular complexity index is 1470. The van der Waals surface area contributed by atoms with Crippen LogP contribution in [0.15, 0.2) is 47.7 Å². The van der Waals surface area contributed by atoms with Gasteiger partial charge in [-0.25, -0.2) is 18.4 Å². The number of rotatable bonds is 5. The van der Waals surface area contributed by atoms with Gasteiger partial charge in [0, 0.05) is 41.2 Å². The normalized spacial score (nSPS) is 11.7. The predicted molar refractivity (Wildman–Crippen MR) is 129 cm³/mol. The molecule has 35 heavy (non-hydrogen) atoms. The highest BCUT2D eigenvalue weighted by molar-refractivity contribution is 6.31. The van der Waals surface area contributed by atoms with Gasteiger partial charge in [-0.1, -0.05) is 32.4 Å². The lowest BCUT2D eigenvalue weighted by Crippen LogP contribution is -2.23. The van der Waals surface area contributed by atoms with Crippen molar-refractivity contribution >= 4 is 11.6 Å². The smallest absolute Gasteiger partial charge is 0.277 e. The molecule has 4 heterocycles. The summed E-state index contributed by atoms with van der Waals surface area (Å²) in [5.74, 6) is -0.984. The average Bonchev–Trinajstić information content (AvgIpc) is 3.28. The molecule has 7 nitrogen and oxygen atoms in total. The Morgan fingerprint density at radius 1 is 1.11 bits per heavy atom. The van der Waals surface area contributed by atoms with Gasteiger partial charge in [-0.05, 0) is 26.0 Å². The summed E-state index contributed by atoms with van der Waals surface area (Å²) >= 11 is 6.35. The number of hydrogen-bond acceptors (Lipinski definition) is 5. The molecule has 0 N–H and O–H groups in total. The Labute approximate surface area is 206 Å². The third-order valence-corrected chi connectivity index (χ3v) is 5.86. The minimum Gasteiger partial charge on any atom is -0.485 e. The summed E-state index contributed by atoms with van der Waals surface area (Å²) in [6, 6.07) is 5.95. The van der Waals surface area contributed by atoms with Crippen LogP contribution in [0.5, 0.6) is 5.75 Å². The van der Waals surface area contributed by atoms with E-state index < -0.39 is 17.2 Å². The first-order valence-electron chi connectivity index (χ1n) is 10.8. The quantitative estimate of drug-likeness (QED) is 0.375. The van der Waals surface area contributed by atoms with E-state index in [-0.39, 0.29) is 28.5 Å². The molecule has 0 saturated heterocycles. The van der Waals surface area contributed by atoms with Crippen LogP contribution in [0.1, 0.15) is 43.4 Å². The first kappa shape index (κ1) is 24.5. The van der Waals surface area contributed by atoms with Crippen molar-refractivity contribution in [1.82, 2.24) is 24.3 Å². The molecule has 0 unspecified atom stereocenters. The minimum atomic E-state index is -0.848. The van der Waals surface area contributed by atoms with Crippen molar-refractivity contribution in [3.8, 4) is 17.3 Å². The molecule has 0 aromatic carbocycles. The topological polar surface area (TPSA) is 74.8 Å². The molecular weight excluding hydrogens is 476 g/mol. The molecule has 10 heteroatoms. The molecule has 4 aromatic heterocycles. The first-order chi connectivity index (χ1) is 16.5. The zero-order valence-electron chi connectivity index (χ0n) is 19.9. The van der Waals surface area contributed by atoms with E-state index in [2.05, 4.69) is 35.8 Å². The molecule has 0 bridgehead atoms. The summed E-state index contributed by atoms with van der Waals surface area (Å²) in [6.07, 6.45) is 4.33. The van der Waals surface area contributed by atoms with E-state index in [4.69, 9.17) is 16.3 Å². The van der Waals surface area contributed by atoms with Crippen LogP contribution in [-0.4, -0.2) is 24.3 Å². The summed E-state index contributed by atoms with van der Waals surface area (Å²) in [7, 11) is 0. The maximum Gasteiger partial charge on any atom is 0.277 e. The van der Waals surface area contributed by atoms with E-state index >= 15 is 0 Å². The van der Waals surface area contributed by atoms with Gasteiger partial charge in [0.1, 0.15) is 28.9 Å². The Hall–Kier alpha value is -3.59. The fourth-order valence-corrected chi connectivity index (χ4v) is 3.80. The van der Waals surface area contributed by atoms with Gasteiger partial charge in [-0.2, -0.15) is 5.10 Å². The zero-order chi connectivity index (χ0) is 25.5. The molecule has 4 rings (SSSR count). The highest BCUT2D eigenvalue weighted by Gasteiger charge is 2.20. The van der Waals surface area contributed by atoms with Gasteiger partial charge in [0.2, 0.25) is 0 Å². The van der Waals surface area contributed by atoms with Crippen molar-refractivity contribution in [3.63, 3.8) is 0 Å². The highest BCUT2D eigenvalue weighted by atomic mass is 35.5. The fraction of sp³-hybridized carbons (Fsp3) is 0.280. The second-order valence-electron chi connectivity index (χ2n) is 9.15. The standard InChI is InChI=1S/C25H24ClF2N5O2/c1-14-10-20(35-13-18-17(28)11-16(27)12-30-18)22(26)24(34)33(14)19-6-8-29-23(15(19)2)32-9-7-21(31-32)25(3,4)5/h6-12H,13H2,1-5H3. The maximum absolute atomic E-state index is 13.9. The molecule has 0 radical (unpaired) electrons. The largest absolute Gasteiger partial charge is 0.485 e. The number of nitrogens with zero attached hydrogens (tertiary/aromatic N) is 5. The Morgan fingerprint density at radius 2 is 1.86 bits per heavy atom. The van der Waals surface area contributed by atoms with Crippen LogP contribution in [0.3, 0.4) is 0 Å². The first-order valence-corrected chi connectivity index (χ1v) is 11.2. The summed E-state index contributed by atoms with van der Waals surface area (Å²) in [4.78, 5) is 21.4. The Morgan fingerprint density at radius 3 is 2.51 bits per heavy atom. The number of aromatic nitrogens is 5. The SMILES string of the molecule is Cc1c(-n2c(C)cc(OCc3ncc(F)cc3F)c(Cl)c2=O)ccnc1-n1ccc(C(C)(C)C)n1. The van der Waals surface area contributed by atoms with Crippen molar-refractivity contribution in [1.29, 1.82) is 0 Å². The maximum atomic E-state index is 13.9. The monoisotopic (exact) mass is 499 g/mol. The Kier molecular flexibility index (Phi) is 6.46. The molecule has 182 valence electrons. The molecule has 0 fully saturated rings. The van der Waals surface area contributed by atoms with Crippen LogP contribution in [0.25, 0.3) is 11.5 Å². The molecule has 0 aliphatic heterocycles. The number of ether oxygens (including phenoxy) is 1. The summed E-state index contributed by atoms with van der Waals surface area (Å²) < 4.78 is 35.7. The molecule has 4 aromatic rings. The van der Waals surface area contributed by atoms with E-state index in [1.807, 2.05) is 19.2 Å². The van der Waals surface area contributed by atoms with Gasteiger partial charge in [0.15, 0.2) is 11.6 Å². The van der Waals surface area contributed by atoms with Crippen LogP contribution in [0.4, 0.5) is 8.78 Å². The number of pyridine rings is 3. The second-order valence-corrected chi connectivity index (χ2v) is 9.53. The summed E-state index contributed by atoms with van der Waals surface area (Å²) in [5.41, 5.74) is 2.03. The van der Waals surface area contributed by atoms with Crippen molar-refractivity contribution in [2.24, 2.45) is 0 Å². The predicted octanol–water partition coefficient (Wildman–Crippen LogP) is 5.24. The van der Waals surface area contributed by atoms with E-state index in [9.17, 15) is 13.6 Å². The number of halogens is 3. The van der Waals surface area contributed by atoms with Crippen LogP contribution >= 0.6 is 11.6 Å². The lowest BCUT2D eigenvalue weighted by atomic mass is 9.93. The van der Waals surface area contributed by atoms with E-state index in [0.29, 0.717) is 23.3 Å². The average molecular weight is 500 g/mol. The van der Waals surface area contributed by atoms with Crippen molar-refractivity contribution in [2.75, 3.05) is 0 Å². The minimum absolute atomic E-state index is 0.0739.